The zero-order valence-corrected chi connectivity index (χ0v) is 13.0. The molecule has 0 unspecified atom stereocenters. The Balaban J connectivity index is 2.14. The molecule has 22 heavy (non-hydrogen) atoms. The van der Waals surface area contributed by atoms with Crippen molar-refractivity contribution in [3.63, 3.8) is 0 Å². The molecule has 1 aromatic rings. The van der Waals surface area contributed by atoms with Crippen LogP contribution in [0.25, 0.3) is 0 Å². The molecule has 0 spiro atoms. The van der Waals surface area contributed by atoms with Crippen LogP contribution in [-0.2, 0) is 0 Å². The normalized spacial score (nSPS) is 14.4. The van der Waals surface area contributed by atoms with Crippen LogP contribution in [-0.4, -0.2) is 56.0 Å². The van der Waals surface area contributed by atoms with Gasteiger partial charge >= 0.3 is 0 Å². The highest BCUT2D eigenvalue weighted by Crippen LogP contribution is 2.31. The summed E-state index contributed by atoms with van der Waals surface area (Å²) in [7, 11) is 3.84. The SMILES string of the molecule is CN(C)CCNC(=O)c1ccc(N2CCCC2)c([N+](=O)[O-])c1. The lowest BCUT2D eigenvalue weighted by Crippen LogP contribution is -2.31. The molecule has 0 atom stereocenters. The number of hydrogen-bond acceptors (Lipinski definition) is 5. The molecule has 0 saturated carbocycles. The maximum absolute atomic E-state index is 12.1. The highest BCUT2D eigenvalue weighted by molar-refractivity contribution is 5.95. The lowest BCUT2D eigenvalue weighted by Gasteiger charge is -2.18. The lowest BCUT2D eigenvalue weighted by atomic mass is 10.1. The first kappa shape index (κ1) is 16.2. The van der Waals surface area contributed by atoms with Crippen LogP contribution in [0.15, 0.2) is 18.2 Å². The van der Waals surface area contributed by atoms with Gasteiger partial charge in [0.1, 0.15) is 5.69 Å². The van der Waals surface area contributed by atoms with Gasteiger partial charge in [-0.05, 0) is 39.1 Å². The first-order valence-electron chi connectivity index (χ1n) is 7.45. The number of likely N-dealkylation sites (N-methyl/N-ethyl adjacent to an activating group) is 1. The standard InChI is InChI=1S/C15H22N4O3/c1-17(2)10-7-16-15(20)12-5-6-13(14(11-12)19(21)22)18-8-3-4-9-18/h5-6,11H,3-4,7-10H2,1-2H3,(H,16,20). The van der Waals surface area contributed by atoms with Crippen molar-refractivity contribution in [3.8, 4) is 0 Å². The summed E-state index contributed by atoms with van der Waals surface area (Å²) in [4.78, 5) is 26.9. The van der Waals surface area contributed by atoms with Crippen molar-refractivity contribution in [1.82, 2.24) is 10.2 Å². The number of nitrogens with one attached hydrogen (secondary N) is 1. The van der Waals surface area contributed by atoms with E-state index in [1.165, 1.54) is 6.07 Å². The molecule has 1 saturated heterocycles. The molecule has 1 fully saturated rings. The van der Waals surface area contributed by atoms with Gasteiger partial charge in [-0.1, -0.05) is 0 Å². The summed E-state index contributed by atoms with van der Waals surface area (Å²) in [5.74, 6) is -0.280. The largest absolute Gasteiger partial charge is 0.366 e. The van der Waals surface area contributed by atoms with Gasteiger partial charge in [-0.3, -0.25) is 14.9 Å². The van der Waals surface area contributed by atoms with E-state index in [-0.39, 0.29) is 11.6 Å². The number of hydrogen-bond donors (Lipinski definition) is 1. The Kier molecular flexibility index (Phi) is 5.32. The van der Waals surface area contributed by atoms with Gasteiger partial charge in [0.25, 0.3) is 11.6 Å². The molecule has 1 aliphatic rings. The molecule has 7 nitrogen and oxygen atoms in total. The molecule has 7 heteroatoms. The quantitative estimate of drug-likeness (QED) is 0.636. The third kappa shape index (κ3) is 3.94. The number of nitrogens with zero attached hydrogens (tertiary/aromatic N) is 3. The highest BCUT2D eigenvalue weighted by Gasteiger charge is 2.23. The first-order chi connectivity index (χ1) is 10.5. The van der Waals surface area contributed by atoms with Crippen molar-refractivity contribution in [1.29, 1.82) is 0 Å². The number of carbonyl (C=O) groups excluding carboxylic acids is 1. The van der Waals surface area contributed by atoms with Crippen molar-refractivity contribution in [3.05, 3.63) is 33.9 Å². The van der Waals surface area contributed by atoms with Gasteiger partial charge in [-0.15, -0.1) is 0 Å². The Morgan fingerprint density at radius 3 is 2.64 bits per heavy atom. The monoisotopic (exact) mass is 306 g/mol. The average Bonchev–Trinajstić information content (AvgIpc) is 3.00. The molecule has 1 N–H and O–H groups in total. The zero-order valence-electron chi connectivity index (χ0n) is 13.0. The third-order valence-electron chi connectivity index (χ3n) is 3.73. The van der Waals surface area contributed by atoms with Crippen molar-refractivity contribution in [2.75, 3.05) is 45.2 Å². The van der Waals surface area contributed by atoms with Crippen LogP contribution in [0.5, 0.6) is 0 Å². The van der Waals surface area contributed by atoms with Gasteiger partial charge in [0, 0.05) is 37.8 Å². The topological polar surface area (TPSA) is 78.7 Å². The summed E-state index contributed by atoms with van der Waals surface area (Å²) in [5.41, 5.74) is 0.933. The van der Waals surface area contributed by atoms with Crippen LogP contribution in [0.3, 0.4) is 0 Å². The van der Waals surface area contributed by atoms with E-state index in [1.807, 2.05) is 23.9 Å². The van der Waals surface area contributed by atoms with Gasteiger partial charge in [0.15, 0.2) is 0 Å². The molecule has 0 radical (unpaired) electrons. The van der Waals surface area contributed by atoms with Crippen LogP contribution < -0.4 is 10.2 Å². The second-order valence-corrected chi connectivity index (χ2v) is 5.71. The van der Waals surface area contributed by atoms with Crippen LogP contribution in [0, 0.1) is 10.1 Å². The van der Waals surface area contributed by atoms with Crippen LogP contribution >= 0.6 is 0 Å². The van der Waals surface area contributed by atoms with Crippen LogP contribution in [0.1, 0.15) is 23.2 Å². The highest BCUT2D eigenvalue weighted by atomic mass is 16.6. The number of amides is 1. The fourth-order valence-corrected chi connectivity index (χ4v) is 2.53. The Morgan fingerprint density at radius 1 is 1.36 bits per heavy atom. The van der Waals surface area contributed by atoms with Gasteiger partial charge in [-0.25, -0.2) is 0 Å². The molecular weight excluding hydrogens is 284 g/mol. The molecule has 0 bridgehead atoms. The lowest BCUT2D eigenvalue weighted by molar-refractivity contribution is -0.384. The molecule has 2 rings (SSSR count). The molecule has 1 aromatic carbocycles. The Morgan fingerprint density at radius 2 is 2.05 bits per heavy atom. The minimum atomic E-state index is -0.412. The van der Waals surface area contributed by atoms with Gasteiger partial charge in [0.05, 0.1) is 4.92 Å². The van der Waals surface area contributed by atoms with E-state index < -0.39 is 4.92 Å². The molecule has 1 heterocycles. The van der Waals surface area contributed by atoms with E-state index in [1.54, 1.807) is 12.1 Å². The van der Waals surface area contributed by atoms with Gasteiger partial charge in [0.2, 0.25) is 0 Å². The third-order valence-corrected chi connectivity index (χ3v) is 3.73. The summed E-state index contributed by atoms with van der Waals surface area (Å²) in [6.07, 6.45) is 2.09. The maximum atomic E-state index is 12.1. The number of nitro groups is 1. The van der Waals surface area contributed by atoms with Crippen molar-refractivity contribution < 1.29 is 9.72 Å². The summed E-state index contributed by atoms with van der Waals surface area (Å²) in [6, 6.07) is 4.72. The van der Waals surface area contributed by atoms with E-state index in [9.17, 15) is 14.9 Å². The second kappa shape index (κ2) is 7.22. The fraction of sp³-hybridized carbons (Fsp3) is 0.533. The van der Waals surface area contributed by atoms with E-state index in [4.69, 9.17) is 0 Å². The van der Waals surface area contributed by atoms with Gasteiger partial charge < -0.3 is 15.1 Å². The molecule has 1 amide bonds. The zero-order chi connectivity index (χ0) is 16.1. The second-order valence-electron chi connectivity index (χ2n) is 5.71. The molecular formula is C15H22N4O3. The van der Waals surface area contributed by atoms with E-state index in [0.717, 1.165) is 32.5 Å². The number of carbonyl (C=O) groups is 1. The Bertz CT molecular complexity index is 554. The van der Waals surface area contributed by atoms with E-state index in [0.29, 0.717) is 17.8 Å². The van der Waals surface area contributed by atoms with Crippen molar-refractivity contribution >= 4 is 17.3 Å². The predicted octanol–water partition coefficient (Wildman–Crippen LogP) is 1.49. The number of benzene rings is 1. The van der Waals surface area contributed by atoms with Crippen molar-refractivity contribution in [2.45, 2.75) is 12.8 Å². The minimum Gasteiger partial charge on any atom is -0.366 e. The molecule has 0 aromatic heterocycles. The fourth-order valence-electron chi connectivity index (χ4n) is 2.53. The molecule has 120 valence electrons. The van der Waals surface area contributed by atoms with E-state index >= 15 is 0 Å². The average molecular weight is 306 g/mol. The number of rotatable bonds is 6. The summed E-state index contributed by atoms with van der Waals surface area (Å²) in [5, 5.41) is 14.1. The summed E-state index contributed by atoms with van der Waals surface area (Å²) in [6.45, 7) is 2.89. The Hall–Kier alpha value is -2.15. The number of anilines is 1. The van der Waals surface area contributed by atoms with Gasteiger partial charge in [-0.2, -0.15) is 0 Å². The molecule has 1 aliphatic heterocycles. The first-order valence-corrected chi connectivity index (χ1v) is 7.45. The predicted molar refractivity (Wildman–Crippen MR) is 85.4 cm³/mol. The maximum Gasteiger partial charge on any atom is 0.293 e. The smallest absolute Gasteiger partial charge is 0.293 e. The van der Waals surface area contributed by atoms with Crippen LogP contribution in [0.2, 0.25) is 0 Å². The molecule has 0 aliphatic carbocycles. The van der Waals surface area contributed by atoms with E-state index in [2.05, 4.69) is 5.32 Å². The minimum absolute atomic E-state index is 0.00200. The Labute approximate surface area is 130 Å². The summed E-state index contributed by atoms with van der Waals surface area (Å²) < 4.78 is 0. The van der Waals surface area contributed by atoms with Crippen LogP contribution in [0.4, 0.5) is 11.4 Å². The van der Waals surface area contributed by atoms with Crippen molar-refractivity contribution in [2.24, 2.45) is 0 Å². The summed E-state index contributed by atoms with van der Waals surface area (Å²) >= 11 is 0. The number of nitro benzene ring substituents is 1.